The Hall–Kier alpha value is -4.04. The van der Waals surface area contributed by atoms with Crippen molar-refractivity contribution < 1.29 is 76.4 Å². The summed E-state index contributed by atoms with van der Waals surface area (Å²) in [5, 5.41) is 38.9. The number of hydrogen-bond acceptors (Lipinski definition) is 18. The van der Waals surface area contributed by atoms with E-state index in [1.807, 2.05) is 0 Å². The van der Waals surface area contributed by atoms with Crippen LogP contribution in [0.25, 0.3) is 18.1 Å². The Bertz CT molecular complexity index is 3810. The maximum atomic E-state index is 12.4. The molecule has 4 aromatic carbocycles. The van der Waals surface area contributed by atoms with Gasteiger partial charge in [-0.15, -0.1) is 5.11 Å². The van der Waals surface area contributed by atoms with E-state index in [4.69, 9.17) is 0 Å². The molecule has 0 aliphatic heterocycles. The Morgan fingerprint density at radius 2 is 1.32 bits per heavy atom. The summed E-state index contributed by atoms with van der Waals surface area (Å²) in [6.45, 7) is 1.20. The van der Waals surface area contributed by atoms with Crippen molar-refractivity contribution in [2.75, 3.05) is 0 Å². The van der Waals surface area contributed by atoms with Gasteiger partial charge in [-0.1, -0.05) is 18.2 Å². The number of non-ortho nitro benzene ring substituents is 1. The number of benzene rings is 4. The number of aliphatic hydroxyl groups excluding tert-OH is 1. The van der Waals surface area contributed by atoms with Gasteiger partial charge >= 0.3 is 17.5 Å². The number of carbonyl (C=O) groups is 1. The van der Waals surface area contributed by atoms with Crippen LogP contribution in [-0.2, 0) is 40.5 Å². The quantitative estimate of drug-likeness (QED) is 0.00947. The smallest absolute Gasteiger partial charge is 0.407 e. The number of rotatable bonds is 14. The molecule has 0 atom stereocenters. The number of aromatic nitrogens is 4. The molecule has 0 saturated heterocycles. The number of aliphatic hydroxyl groups is 1. The van der Waals surface area contributed by atoms with Gasteiger partial charge in [0.15, 0.2) is 5.90 Å². The van der Waals surface area contributed by atoms with Gasteiger partial charge < -0.3 is 14.8 Å². The number of carboxylic acids is 1. The Labute approximate surface area is 495 Å². The van der Waals surface area contributed by atoms with Crippen LogP contribution >= 0.6 is 0 Å². The predicted molar refractivity (Wildman–Crippen MR) is 253 cm³/mol. The van der Waals surface area contributed by atoms with Crippen molar-refractivity contribution in [2.45, 2.75) is 26.5 Å². The molecule has 0 aliphatic carbocycles. The summed E-state index contributed by atoms with van der Waals surface area (Å²) in [5.41, 5.74) is -3.40. The van der Waals surface area contributed by atoms with Crippen molar-refractivity contribution in [3.05, 3.63) is 135 Å². The molecule has 0 spiro atoms. The minimum absolute atomic E-state index is 0. The maximum Gasteiger partial charge on any atom is 0.407 e. The van der Waals surface area contributed by atoms with E-state index in [0.717, 1.165) is 47.2 Å². The summed E-state index contributed by atoms with van der Waals surface area (Å²) in [6, 6.07) is 14.0. The zero-order valence-electron chi connectivity index (χ0n) is 37.7. The number of hydrogen-bond donors (Lipinski definition) is 7. The van der Waals surface area contributed by atoms with Crippen molar-refractivity contribution in [2.24, 2.45) is 25.2 Å². The minimum Gasteiger partial charge on any atom is -0.744 e. The SMILES string of the molecule is CC(O)=Nc1cc(N=c2nc(-[n+]3cccc(C(=O)O)c3)[nH]c(=Nc3cc(S(=O)(=O)O)ccc3S(=O)(=O)O)[nH]2)ccc1N=Nc1ccc(C=Cc2ccc([N+](=O)[O-])cc2S(=O)(=O)[O-])c(S(=O)(=O)O)c1.[Na].[Na].[Na].[Na]. The molecule has 0 aliphatic rings. The van der Waals surface area contributed by atoms with Crippen molar-refractivity contribution in [3.8, 4) is 5.95 Å². The number of carboxylic acid groups (broad SMARTS) is 1. The Kier molecular flexibility index (Phi) is 23.1. The number of pyridine rings is 1. The second-order valence-corrected chi connectivity index (χ2v) is 19.0. The van der Waals surface area contributed by atoms with E-state index in [1.165, 1.54) is 49.5 Å². The summed E-state index contributed by atoms with van der Waals surface area (Å²) >= 11 is 0. The maximum absolute atomic E-state index is 12.4. The first-order chi connectivity index (χ1) is 31.6. The van der Waals surface area contributed by atoms with Crippen LogP contribution in [0.2, 0.25) is 0 Å². The summed E-state index contributed by atoms with van der Waals surface area (Å²) in [6.07, 6.45) is 4.47. The predicted octanol–water partition coefficient (Wildman–Crippen LogP) is 2.40. The number of nitro groups is 1. The molecule has 6 aromatic rings. The largest absolute Gasteiger partial charge is 0.744 e. The first-order valence-electron chi connectivity index (χ1n) is 18.1. The molecule has 2 aromatic heterocycles. The number of nitrogens with zero attached hydrogens (tertiary/aromatic N) is 8. The van der Waals surface area contributed by atoms with Gasteiger partial charge in [-0.2, -0.15) is 40.4 Å². The summed E-state index contributed by atoms with van der Waals surface area (Å²) < 4.78 is 139. The number of aliphatic imine (C=N–C) groups is 1. The molecule has 7 N–H and O–H groups in total. The van der Waals surface area contributed by atoms with Gasteiger partial charge in [-0.05, 0) is 82.8 Å². The molecule has 6 rings (SSSR count). The van der Waals surface area contributed by atoms with Crippen molar-refractivity contribution >= 4 is 217 Å². The molecule has 0 amide bonds. The third-order valence-electron chi connectivity index (χ3n) is 8.65. The van der Waals surface area contributed by atoms with Gasteiger partial charge in [0.2, 0.25) is 0 Å². The normalized spacial score (nSPS) is 12.7. The fourth-order valence-electron chi connectivity index (χ4n) is 5.73. The third-order valence-corrected chi connectivity index (χ3v) is 12.2. The molecule has 356 valence electrons. The van der Waals surface area contributed by atoms with Gasteiger partial charge in [0.1, 0.15) is 25.6 Å². The molecule has 2 heterocycles. The summed E-state index contributed by atoms with van der Waals surface area (Å²) in [7, 11) is -20.3. The van der Waals surface area contributed by atoms with Gasteiger partial charge in [0.25, 0.3) is 41.7 Å². The zero-order valence-corrected chi connectivity index (χ0v) is 49.0. The molecular formula is C37H28N10Na4O17S4. The Morgan fingerprint density at radius 1 is 0.694 bits per heavy atom. The molecule has 27 nitrogen and oxygen atoms in total. The van der Waals surface area contributed by atoms with Gasteiger partial charge in [0.05, 0.1) is 55.4 Å². The first kappa shape index (κ1) is 64.1. The number of nitrogens with one attached hydrogen (secondary N) is 2. The van der Waals surface area contributed by atoms with E-state index < -0.39 is 93.8 Å². The van der Waals surface area contributed by atoms with E-state index in [0.29, 0.717) is 24.3 Å². The number of aromatic amines is 2. The van der Waals surface area contributed by atoms with Crippen LogP contribution in [0.4, 0.5) is 34.1 Å². The van der Waals surface area contributed by atoms with Gasteiger partial charge in [0, 0.05) is 137 Å². The molecule has 4 radical (unpaired) electrons. The average molecular weight is 1100 g/mol. The molecule has 0 fully saturated rings. The third kappa shape index (κ3) is 17.0. The minimum atomic E-state index is -5.25. The van der Waals surface area contributed by atoms with Crippen LogP contribution < -0.4 is 15.8 Å². The van der Waals surface area contributed by atoms with Crippen LogP contribution in [-0.4, -0.2) is 212 Å². The molecule has 0 unspecified atom stereocenters. The fourth-order valence-corrected chi connectivity index (χ4v) is 8.23. The van der Waals surface area contributed by atoms with E-state index in [-0.39, 0.29) is 169 Å². The van der Waals surface area contributed by atoms with Crippen LogP contribution in [0, 0.1) is 10.1 Å². The summed E-state index contributed by atoms with van der Waals surface area (Å²) in [5.74, 6) is -2.05. The number of nitro benzene ring substituents is 1. The van der Waals surface area contributed by atoms with Crippen molar-refractivity contribution in [1.82, 2.24) is 15.0 Å². The average Bonchev–Trinajstić information content (AvgIpc) is 3.24. The van der Waals surface area contributed by atoms with E-state index >= 15 is 0 Å². The second kappa shape index (κ2) is 25.9. The van der Waals surface area contributed by atoms with E-state index in [9.17, 15) is 77.0 Å². The van der Waals surface area contributed by atoms with E-state index in [1.54, 1.807) is 0 Å². The van der Waals surface area contributed by atoms with Crippen LogP contribution in [0.3, 0.4) is 0 Å². The van der Waals surface area contributed by atoms with E-state index in [2.05, 4.69) is 40.2 Å². The monoisotopic (exact) mass is 1100 g/mol. The van der Waals surface area contributed by atoms with Crippen molar-refractivity contribution in [3.63, 3.8) is 0 Å². The molecule has 0 bridgehead atoms. The molecule has 0 saturated carbocycles. The topological polar surface area (TPSA) is 431 Å². The fraction of sp³-hybridized carbons (Fsp3) is 0.0270. The summed E-state index contributed by atoms with van der Waals surface area (Å²) in [4.78, 5) is 40.6. The molecule has 72 heavy (non-hydrogen) atoms. The van der Waals surface area contributed by atoms with Crippen molar-refractivity contribution in [1.29, 1.82) is 0 Å². The first-order valence-corrected chi connectivity index (χ1v) is 23.9. The Morgan fingerprint density at radius 3 is 1.90 bits per heavy atom. The van der Waals surface area contributed by atoms with Crippen LogP contribution in [0.5, 0.6) is 0 Å². The standard InChI is InChI=1S/C37H28N10O17S4.4Na/c1-20(48)38-29-15-24(9-12-28(29)45-44-25-8-6-21(32(16-25)67(59,60)61)4-5-22-7-10-26(47(51)52)17-33(22)68(62,63)64)39-35-41-36(43-37(42-35)46-14-2-3-23(19-46)34(49)50)40-30-18-27(65(53,54)55)11-13-31(30)66(56,57)58;;;;/h2-19H,1H3,(H7-,38,39,40,41,42,43,44,48,49,50,53,54,55,56,57,58,59,60,61,62,63,64);;;;. The number of aromatic carboxylic acids is 1. The zero-order chi connectivity index (χ0) is 49.9. The van der Waals surface area contributed by atoms with Gasteiger partial charge in [-0.25, -0.2) is 27.8 Å². The number of H-pyrrole nitrogens is 2. The van der Waals surface area contributed by atoms with Crippen LogP contribution in [0.1, 0.15) is 28.4 Å². The molecular weight excluding hydrogens is 1080 g/mol. The second-order valence-electron chi connectivity index (χ2n) is 13.5. The van der Waals surface area contributed by atoms with Crippen LogP contribution in [0.15, 0.2) is 142 Å². The molecule has 35 heteroatoms. The van der Waals surface area contributed by atoms with Gasteiger partial charge in [-0.3, -0.25) is 28.8 Å². The number of azo groups is 1. The Balaban J connectivity index is 0.00000444.